The second-order valence-electron chi connectivity index (χ2n) is 10.4. The molecule has 0 saturated carbocycles. The fraction of sp³-hybridized carbons (Fsp3) is 0.344. The molecule has 2 atom stereocenters. The number of anilines is 2. The number of carbonyl (C=O) groups is 2. The highest BCUT2D eigenvalue weighted by Crippen LogP contribution is 2.41. The predicted octanol–water partition coefficient (Wildman–Crippen LogP) is 6.47. The molecular weight excluding hydrogens is 559 g/mol. The summed E-state index contributed by atoms with van der Waals surface area (Å²) in [7, 11) is 0. The molecule has 7 nitrogen and oxygen atoms in total. The molecular formula is C32H38Cl2N4O3. The second kappa shape index (κ2) is 14.9. The lowest BCUT2D eigenvalue weighted by molar-refractivity contribution is -0.138. The lowest BCUT2D eigenvalue weighted by Crippen LogP contribution is -2.44. The molecule has 1 saturated heterocycles. The number of nitrogens with one attached hydrogen (secondary N) is 1. The van der Waals surface area contributed by atoms with Crippen LogP contribution in [0.25, 0.3) is 0 Å². The molecule has 5 rings (SSSR count). The van der Waals surface area contributed by atoms with Crippen LogP contribution in [0, 0.1) is 5.92 Å². The smallest absolute Gasteiger partial charge is 0.303 e. The number of carboxylic acid groups (broad SMARTS) is 1. The van der Waals surface area contributed by atoms with Crippen molar-refractivity contribution in [1.29, 1.82) is 0 Å². The zero-order valence-corrected chi connectivity index (χ0v) is 24.9. The molecule has 0 spiro atoms. The van der Waals surface area contributed by atoms with Gasteiger partial charge in [-0.05, 0) is 84.2 Å². The number of aryl methyl sites for hydroxylation is 1. The van der Waals surface area contributed by atoms with E-state index in [-0.39, 0.29) is 49.0 Å². The van der Waals surface area contributed by atoms with Crippen LogP contribution in [0.5, 0.6) is 0 Å². The summed E-state index contributed by atoms with van der Waals surface area (Å²) in [5.41, 5.74) is 5.94. The largest absolute Gasteiger partial charge is 0.481 e. The maximum absolute atomic E-state index is 13.0. The Balaban J connectivity index is 0.00000231. The van der Waals surface area contributed by atoms with Gasteiger partial charge in [-0.2, -0.15) is 5.10 Å². The SMILES string of the molecule is CCC1c2cc(NC(=O)c3ccc(C=NN4CCN(c5ccccc5)CC4)cc3)ccc2CCC1CC(=O)O.Cl.Cl. The van der Waals surface area contributed by atoms with Crippen LogP contribution >= 0.6 is 24.8 Å². The second-order valence-corrected chi connectivity index (χ2v) is 10.4. The number of halogens is 2. The van der Waals surface area contributed by atoms with Gasteiger partial charge in [-0.3, -0.25) is 14.6 Å². The van der Waals surface area contributed by atoms with E-state index in [1.165, 1.54) is 16.8 Å². The zero-order valence-electron chi connectivity index (χ0n) is 23.2. The molecule has 0 radical (unpaired) electrons. The number of hydrogen-bond donors (Lipinski definition) is 2. The van der Waals surface area contributed by atoms with E-state index in [0.717, 1.165) is 56.7 Å². The summed E-state index contributed by atoms with van der Waals surface area (Å²) in [6.45, 7) is 5.70. The number of nitrogens with zero attached hydrogens (tertiary/aromatic N) is 3. The molecule has 2 N–H and O–H groups in total. The minimum Gasteiger partial charge on any atom is -0.481 e. The van der Waals surface area contributed by atoms with Crippen LogP contribution in [0.3, 0.4) is 0 Å². The number of hydrazone groups is 1. The van der Waals surface area contributed by atoms with E-state index < -0.39 is 5.97 Å². The van der Waals surface area contributed by atoms with Crippen molar-refractivity contribution >= 4 is 54.3 Å². The number of aliphatic carboxylic acids is 1. The Morgan fingerprint density at radius 3 is 2.34 bits per heavy atom. The highest BCUT2D eigenvalue weighted by molar-refractivity contribution is 6.04. The minimum absolute atomic E-state index is 0. The minimum atomic E-state index is -0.745. The van der Waals surface area contributed by atoms with Gasteiger partial charge in [-0.1, -0.05) is 43.3 Å². The summed E-state index contributed by atoms with van der Waals surface area (Å²) >= 11 is 0. The Morgan fingerprint density at radius 2 is 1.68 bits per heavy atom. The van der Waals surface area contributed by atoms with Crippen LogP contribution in [0.4, 0.5) is 11.4 Å². The van der Waals surface area contributed by atoms with Gasteiger partial charge in [-0.25, -0.2) is 0 Å². The van der Waals surface area contributed by atoms with Crippen LogP contribution in [0.2, 0.25) is 0 Å². The Kier molecular flexibility index (Phi) is 11.6. The quantitative estimate of drug-likeness (QED) is 0.291. The molecule has 41 heavy (non-hydrogen) atoms. The Morgan fingerprint density at radius 1 is 0.976 bits per heavy atom. The normalized spacial score (nSPS) is 18.2. The first-order valence-corrected chi connectivity index (χ1v) is 13.8. The molecule has 3 aromatic rings. The maximum atomic E-state index is 13.0. The molecule has 9 heteroatoms. The van der Waals surface area contributed by atoms with Crippen molar-refractivity contribution in [2.45, 2.75) is 38.5 Å². The monoisotopic (exact) mass is 596 g/mol. The average Bonchev–Trinajstić information content (AvgIpc) is 2.96. The third-order valence-corrected chi connectivity index (χ3v) is 7.95. The molecule has 218 valence electrons. The van der Waals surface area contributed by atoms with Crippen LogP contribution in [-0.4, -0.2) is 54.4 Å². The number of carboxylic acids is 1. The summed E-state index contributed by atoms with van der Waals surface area (Å²) in [6, 6.07) is 24.0. The zero-order chi connectivity index (χ0) is 27.2. The number of amides is 1. The van der Waals surface area contributed by atoms with Gasteiger partial charge < -0.3 is 15.3 Å². The molecule has 1 heterocycles. The number of hydrogen-bond acceptors (Lipinski definition) is 5. The molecule has 1 aliphatic heterocycles. The van der Waals surface area contributed by atoms with Gasteiger partial charge in [0.1, 0.15) is 0 Å². The highest BCUT2D eigenvalue weighted by Gasteiger charge is 2.30. The van der Waals surface area contributed by atoms with Crippen molar-refractivity contribution in [2.75, 3.05) is 36.4 Å². The van der Waals surface area contributed by atoms with Gasteiger partial charge in [0.05, 0.1) is 19.3 Å². The fourth-order valence-corrected chi connectivity index (χ4v) is 5.84. The van der Waals surface area contributed by atoms with Crippen LogP contribution in [0.1, 0.15) is 59.2 Å². The number of rotatable bonds is 8. The number of piperazine rings is 1. The third-order valence-electron chi connectivity index (χ3n) is 7.95. The molecule has 0 bridgehead atoms. The van der Waals surface area contributed by atoms with E-state index in [0.29, 0.717) is 5.56 Å². The lowest BCUT2D eigenvalue weighted by Gasteiger charge is -2.34. The third kappa shape index (κ3) is 8.02. The number of para-hydroxylation sites is 1. The first kappa shape index (κ1) is 32.0. The topological polar surface area (TPSA) is 85.2 Å². The molecule has 2 unspecified atom stereocenters. The maximum Gasteiger partial charge on any atom is 0.303 e. The predicted molar refractivity (Wildman–Crippen MR) is 170 cm³/mol. The number of benzene rings is 3. The average molecular weight is 598 g/mol. The summed E-state index contributed by atoms with van der Waals surface area (Å²) in [5, 5.41) is 19.1. The van der Waals surface area contributed by atoms with E-state index in [4.69, 9.17) is 0 Å². The molecule has 3 aromatic carbocycles. The summed E-state index contributed by atoms with van der Waals surface area (Å²) in [6.07, 6.45) is 4.69. The van der Waals surface area contributed by atoms with Gasteiger partial charge in [0.2, 0.25) is 0 Å². The van der Waals surface area contributed by atoms with E-state index in [1.807, 2.05) is 48.7 Å². The van der Waals surface area contributed by atoms with E-state index in [2.05, 4.69) is 57.6 Å². The van der Waals surface area contributed by atoms with Crippen molar-refractivity contribution in [3.05, 3.63) is 95.1 Å². The van der Waals surface area contributed by atoms with Gasteiger partial charge in [0.15, 0.2) is 0 Å². The van der Waals surface area contributed by atoms with Gasteiger partial charge in [0, 0.05) is 36.4 Å². The summed E-state index contributed by atoms with van der Waals surface area (Å²) < 4.78 is 0. The standard InChI is InChI=1S/C32H36N4O3.2ClH/c1-2-29-26(20-31(37)38)13-12-24-14-15-27(21-30(24)29)34-32(39)25-10-8-23(9-11-25)22-33-36-18-16-35(17-19-36)28-6-4-3-5-7-28;;/h3-11,14-15,21-22,26,29H,2,12-13,16-20H2,1H3,(H,34,39)(H,37,38);2*1H. The number of fused-ring (bicyclic) bond motifs is 1. The Hall–Kier alpha value is -3.55. The van der Waals surface area contributed by atoms with Crippen LogP contribution < -0.4 is 10.2 Å². The molecule has 2 aliphatic rings. The molecule has 1 aliphatic carbocycles. The van der Waals surface area contributed by atoms with Crippen molar-refractivity contribution in [3.63, 3.8) is 0 Å². The van der Waals surface area contributed by atoms with Crippen molar-refractivity contribution in [1.82, 2.24) is 5.01 Å². The van der Waals surface area contributed by atoms with E-state index in [9.17, 15) is 14.7 Å². The van der Waals surface area contributed by atoms with Gasteiger partial charge in [-0.15, -0.1) is 24.8 Å². The highest BCUT2D eigenvalue weighted by atomic mass is 35.5. The van der Waals surface area contributed by atoms with Crippen molar-refractivity contribution < 1.29 is 14.7 Å². The van der Waals surface area contributed by atoms with Crippen molar-refractivity contribution in [3.8, 4) is 0 Å². The van der Waals surface area contributed by atoms with Gasteiger partial charge in [0.25, 0.3) is 5.91 Å². The van der Waals surface area contributed by atoms with E-state index in [1.54, 1.807) is 0 Å². The first-order valence-electron chi connectivity index (χ1n) is 13.8. The Bertz CT molecular complexity index is 1330. The van der Waals surface area contributed by atoms with Crippen LogP contribution in [0.15, 0.2) is 77.9 Å². The fourth-order valence-electron chi connectivity index (χ4n) is 5.84. The Labute approximate surface area is 254 Å². The van der Waals surface area contributed by atoms with Crippen molar-refractivity contribution in [2.24, 2.45) is 11.0 Å². The molecule has 1 fully saturated rings. The van der Waals surface area contributed by atoms with Crippen LogP contribution in [-0.2, 0) is 11.2 Å². The molecule has 1 amide bonds. The van der Waals surface area contributed by atoms with Gasteiger partial charge >= 0.3 is 5.97 Å². The molecule has 0 aromatic heterocycles. The summed E-state index contributed by atoms with van der Waals surface area (Å²) in [4.78, 5) is 26.7. The lowest BCUT2D eigenvalue weighted by atomic mass is 9.72. The summed E-state index contributed by atoms with van der Waals surface area (Å²) in [5.74, 6) is -0.582. The first-order chi connectivity index (χ1) is 19.0. The number of carbonyl (C=O) groups excluding carboxylic acids is 1. The van der Waals surface area contributed by atoms with E-state index >= 15 is 0 Å².